The van der Waals surface area contributed by atoms with E-state index in [2.05, 4.69) is 20.0 Å². The van der Waals surface area contributed by atoms with Gasteiger partial charge in [-0.15, -0.1) is 0 Å². The van der Waals surface area contributed by atoms with Gasteiger partial charge in [0.1, 0.15) is 6.61 Å². The number of nitrogens with two attached hydrogens (primary N) is 1. The lowest BCUT2D eigenvalue weighted by molar-refractivity contribution is -0.383. The van der Waals surface area contributed by atoms with Crippen LogP contribution >= 0.6 is 0 Å². The first-order valence-corrected chi connectivity index (χ1v) is 6.13. The normalized spacial score (nSPS) is 10.5. The number of hydrogen-bond acceptors (Lipinski definition) is 9. The fourth-order valence-corrected chi connectivity index (χ4v) is 1.31. The van der Waals surface area contributed by atoms with Gasteiger partial charge in [0.2, 0.25) is 11.6 Å². The van der Waals surface area contributed by atoms with Crippen LogP contribution in [0.15, 0.2) is 12.2 Å². The van der Waals surface area contributed by atoms with E-state index in [1.54, 1.807) is 6.92 Å². The topological polar surface area (TPSA) is 163 Å². The van der Waals surface area contributed by atoms with E-state index in [4.69, 9.17) is 15.6 Å². The van der Waals surface area contributed by atoms with Crippen LogP contribution < -0.4 is 15.8 Å². The standard InChI is InChI=1S/C11H15N5O6/c1-2-21-11(18)15-9-7(16(19)20)8(12)13-10(14-9)22-6-4-3-5-17/h3-4,17H,2,5-6H2,1H3,(H3,12,13,14,15,18)/b4-3-. The molecule has 1 aromatic heterocycles. The summed E-state index contributed by atoms with van der Waals surface area (Å²) in [4.78, 5) is 28.8. The summed E-state index contributed by atoms with van der Waals surface area (Å²) in [5.74, 6) is -0.898. The van der Waals surface area contributed by atoms with Gasteiger partial charge in [-0.25, -0.2) is 4.79 Å². The first-order valence-electron chi connectivity index (χ1n) is 6.13. The summed E-state index contributed by atoms with van der Waals surface area (Å²) < 4.78 is 9.71. The third kappa shape index (κ3) is 4.86. The molecule has 0 saturated heterocycles. The summed E-state index contributed by atoms with van der Waals surface area (Å²) >= 11 is 0. The molecule has 120 valence electrons. The van der Waals surface area contributed by atoms with Gasteiger partial charge in [0.05, 0.1) is 18.1 Å². The number of nitrogen functional groups attached to an aromatic ring is 1. The number of carbonyl (C=O) groups is 1. The molecule has 22 heavy (non-hydrogen) atoms. The Morgan fingerprint density at radius 2 is 2.23 bits per heavy atom. The van der Waals surface area contributed by atoms with Crippen LogP contribution in [0.5, 0.6) is 6.01 Å². The van der Waals surface area contributed by atoms with Crippen LogP contribution in [0.3, 0.4) is 0 Å². The van der Waals surface area contributed by atoms with Gasteiger partial charge in [0, 0.05) is 0 Å². The largest absolute Gasteiger partial charge is 0.459 e. The molecule has 1 heterocycles. The average molecular weight is 313 g/mol. The van der Waals surface area contributed by atoms with Crippen LogP contribution in [0.4, 0.5) is 22.1 Å². The lowest BCUT2D eigenvalue weighted by atomic mass is 10.4. The molecule has 11 nitrogen and oxygen atoms in total. The average Bonchev–Trinajstić information content (AvgIpc) is 2.43. The van der Waals surface area contributed by atoms with Crippen molar-refractivity contribution in [1.29, 1.82) is 0 Å². The zero-order valence-electron chi connectivity index (χ0n) is 11.7. The molecule has 4 N–H and O–H groups in total. The number of amides is 1. The van der Waals surface area contributed by atoms with Crippen LogP contribution in [-0.2, 0) is 4.74 Å². The molecule has 1 amide bonds. The number of nitrogens with zero attached hydrogens (tertiary/aromatic N) is 3. The minimum Gasteiger partial charge on any atom is -0.459 e. The molecule has 0 fully saturated rings. The van der Waals surface area contributed by atoms with E-state index in [0.29, 0.717) is 0 Å². The Kier molecular flexibility index (Phi) is 6.50. The number of aliphatic hydroxyl groups is 1. The van der Waals surface area contributed by atoms with Gasteiger partial charge in [-0.3, -0.25) is 15.4 Å². The molecule has 0 aliphatic heterocycles. The van der Waals surface area contributed by atoms with E-state index in [1.165, 1.54) is 12.2 Å². The minimum atomic E-state index is -0.921. The highest BCUT2D eigenvalue weighted by molar-refractivity contribution is 5.88. The second-order valence-electron chi connectivity index (χ2n) is 3.66. The molecule has 0 aliphatic rings. The molecule has 0 unspecified atom stereocenters. The zero-order chi connectivity index (χ0) is 16.5. The quantitative estimate of drug-likeness (QED) is 0.368. The molecule has 0 saturated carbocycles. The van der Waals surface area contributed by atoms with Crippen LogP contribution in [0, 0.1) is 10.1 Å². The molecule has 1 rings (SSSR count). The monoisotopic (exact) mass is 313 g/mol. The highest BCUT2D eigenvalue weighted by Gasteiger charge is 2.25. The highest BCUT2D eigenvalue weighted by Crippen LogP contribution is 2.29. The van der Waals surface area contributed by atoms with E-state index in [1.807, 2.05) is 0 Å². The summed E-state index contributed by atoms with van der Waals surface area (Å²) in [6.45, 7) is 1.50. The third-order valence-electron chi connectivity index (χ3n) is 2.15. The molecular formula is C11H15N5O6. The number of rotatable bonds is 7. The number of aliphatic hydroxyl groups excluding tert-OH is 1. The molecule has 1 aromatic rings. The second kappa shape index (κ2) is 8.36. The van der Waals surface area contributed by atoms with Gasteiger partial charge in [-0.2, -0.15) is 9.97 Å². The Morgan fingerprint density at radius 1 is 1.50 bits per heavy atom. The van der Waals surface area contributed by atoms with Crippen LogP contribution in [0.25, 0.3) is 0 Å². The van der Waals surface area contributed by atoms with Gasteiger partial charge < -0.3 is 20.3 Å². The van der Waals surface area contributed by atoms with Gasteiger partial charge >= 0.3 is 17.8 Å². The van der Waals surface area contributed by atoms with Crippen molar-refractivity contribution >= 4 is 23.4 Å². The number of aromatic nitrogens is 2. The molecular weight excluding hydrogens is 298 g/mol. The highest BCUT2D eigenvalue weighted by atomic mass is 16.6. The number of anilines is 2. The van der Waals surface area contributed by atoms with Crippen molar-refractivity contribution in [3.63, 3.8) is 0 Å². The zero-order valence-corrected chi connectivity index (χ0v) is 11.7. The van der Waals surface area contributed by atoms with Crippen molar-refractivity contribution < 1.29 is 24.3 Å². The molecule has 0 radical (unpaired) electrons. The number of hydrogen-bond donors (Lipinski definition) is 3. The van der Waals surface area contributed by atoms with Crippen molar-refractivity contribution in [2.45, 2.75) is 6.92 Å². The van der Waals surface area contributed by atoms with E-state index in [-0.39, 0.29) is 25.8 Å². The van der Waals surface area contributed by atoms with Gasteiger partial charge in [-0.05, 0) is 13.0 Å². The van der Waals surface area contributed by atoms with E-state index in [0.717, 1.165) is 0 Å². The minimum absolute atomic E-state index is 0.0106. The van der Waals surface area contributed by atoms with E-state index in [9.17, 15) is 14.9 Å². The third-order valence-corrected chi connectivity index (χ3v) is 2.15. The van der Waals surface area contributed by atoms with Gasteiger partial charge in [-0.1, -0.05) is 6.08 Å². The Bertz CT molecular complexity index is 576. The first kappa shape index (κ1) is 17.1. The number of carbonyl (C=O) groups excluding carboxylic acids is 1. The number of nitro groups is 1. The Morgan fingerprint density at radius 3 is 2.82 bits per heavy atom. The van der Waals surface area contributed by atoms with Gasteiger partial charge in [0.15, 0.2) is 0 Å². The van der Waals surface area contributed by atoms with E-state index < -0.39 is 28.3 Å². The molecule has 11 heteroatoms. The van der Waals surface area contributed by atoms with Crippen molar-refractivity contribution in [1.82, 2.24) is 9.97 Å². The molecule has 0 aromatic carbocycles. The van der Waals surface area contributed by atoms with Crippen molar-refractivity contribution in [2.75, 3.05) is 30.9 Å². The van der Waals surface area contributed by atoms with Gasteiger partial charge in [0.25, 0.3) is 0 Å². The van der Waals surface area contributed by atoms with E-state index >= 15 is 0 Å². The molecule has 0 bridgehead atoms. The van der Waals surface area contributed by atoms with Crippen molar-refractivity contribution in [2.24, 2.45) is 0 Å². The summed E-state index contributed by atoms with van der Waals surface area (Å²) in [6, 6.07) is -0.266. The maximum atomic E-state index is 11.4. The lowest BCUT2D eigenvalue weighted by Crippen LogP contribution is -2.17. The SMILES string of the molecule is CCOC(=O)Nc1nc(OC/C=C\CO)nc(N)c1[N+](=O)[O-]. The first-order chi connectivity index (χ1) is 10.5. The number of nitrogens with one attached hydrogen (secondary N) is 1. The Hall–Kier alpha value is -2.95. The summed E-state index contributed by atoms with van der Waals surface area (Å²) in [6.07, 6.45) is 1.99. The number of ether oxygens (including phenoxy) is 2. The summed E-state index contributed by atoms with van der Waals surface area (Å²) in [5, 5.41) is 21.6. The van der Waals surface area contributed by atoms with Crippen molar-refractivity contribution in [3.8, 4) is 6.01 Å². The Balaban J connectivity index is 3.03. The van der Waals surface area contributed by atoms with Crippen LogP contribution in [0.1, 0.15) is 6.92 Å². The predicted octanol–water partition coefficient (Wildman–Crippen LogP) is 0.463. The summed E-state index contributed by atoms with van der Waals surface area (Å²) in [7, 11) is 0. The van der Waals surface area contributed by atoms with Crippen molar-refractivity contribution in [3.05, 3.63) is 22.3 Å². The molecule has 0 atom stereocenters. The summed E-state index contributed by atoms with van der Waals surface area (Å²) in [5.41, 5.74) is 4.82. The maximum absolute atomic E-state index is 11.4. The Labute approximate surface area is 124 Å². The fraction of sp³-hybridized carbons (Fsp3) is 0.364. The lowest BCUT2D eigenvalue weighted by Gasteiger charge is -2.08. The predicted molar refractivity (Wildman–Crippen MR) is 75.5 cm³/mol. The second-order valence-corrected chi connectivity index (χ2v) is 3.66. The smallest absolute Gasteiger partial charge is 0.412 e. The molecule has 0 spiro atoms. The van der Waals surface area contributed by atoms with Crippen LogP contribution in [0.2, 0.25) is 0 Å². The maximum Gasteiger partial charge on any atom is 0.412 e. The van der Waals surface area contributed by atoms with Crippen LogP contribution in [-0.4, -0.2) is 45.9 Å². The molecule has 0 aliphatic carbocycles. The fourth-order valence-electron chi connectivity index (χ4n) is 1.31.